The molecule has 0 aliphatic rings. The molecule has 1 aromatic carbocycles. The van der Waals surface area contributed by atoms with Gasteiger partial charge in [-0.2, -0.15) is 5.26 Å². The van der Waals surface area contributed by atoms with Crippen molar-refractivity contribution in [2.45, 2.75) is 13.0 Å². The van der Waals surface area contributed by atoms with Crippen molar-refractivity contribution in [3.63, 3.8) is 0 Å². The Labute approximate surface area is 109 Å². The van der Waals surface area contributed by atoms with Crippen molar-refractivity contribution in [2.24, 2.45) is 0 Å². The first-order chi connectivity index (χ1) is 8.19. The largest absolute Gasteiger partial charge is 0.378 e. The molecular weight excluding hydrogens is 252 g/mol. The van der Waals surface area contributed by atoms with Crippen LogP contribution in [0.4, 0.5) is 5.69 Å². The summed E-state index contributed by atoms with van der Waals surface area (Å²) in [6.07, 6.45) is 0. The number of hydrogen-bond donors (Lipinski definition) is 1. The first-order valence-electron chi connectivity index (χ1n) is 5.19. The van der Waals surface area contributed by atoms with E-state index in [0.29, 0.717) is 5.56 Å². The van der Waals surface area contributed by atoms with Gasteiger partial charge in [0, 0.05) is 11.7 Å². The normalized spacial score (nSPS) is 11.8. The van der Waals surface area contributed by atoms with Gasteiger partial charge in [0.05, 0.1) is 16.0 Å². The third kappa shape index (κ3) is 3.00. The van der Waals surface area contributed by atoms with E-state index in [0.717, 1.165) is 15.6 Å². The molecule has 0 fully saturated rings. The molecule has 0 radical (unpaired) electrons. The maximum absolute atomic E-state index is 8.82. The highest BCUT2D eigenvalue weighted by Crippen LogP contribution is 2.27. The highest BCUT2D eigenvalue weighted by atomic mass is 35.5. The molecule has 2 aromatic rings. The van der Waals surface area contributed by atoms with E-state index in [1.54, 1.807) is 6.07 Å². The van der Waals surface area contributed by atoms with Crippen LogP contribution in [0, 0.1) is 11.3 Å². The molecule has 4 heteroatoms. The van der Waals surface area contributed by atoms with Crippen LogP contribution in [-0.2, 0) is 0 Å². The van der Waals surface area contributed by atoms with Gasteiger partial charge in [0.1, 0.15) is 0 Å². The second-order valence-electron chi connectivity index (χ2n) is 3.74. The molecule has 17 heavy (non-hydrogen) atoms. The molecule has 0 spiro atoms. The summed E-state index contributed by atoms with van der Waals surface area (Å²) in [5, 5.41) is 14.2. The van der Waals surface area contributed by atoms with Crippen molar-refractivity contribution >= 4 is 28.6 Å². The third-order valence-electron chi connectivity index (χ3n) is 2.46. The molecule has 1 N–H and O–H groups in total. The Morgan fingerprint density at radius 1 is 1.41 bits per heavy atom. The van der Waals surface area contributed by atoms with Crippen LogP contribution in [-0.4, -0.2) is 0 Å². The Kier molecular flexibility index (Phi) is 3.68. The number of nitrogens with one attached hydrogen (secondary N) is 1. The fourth-order valence-corrected chi connectivity index (χ4v) is 2.55. The van der Waals surface area contributed by atoms with Crippen LogP contribution in [0.1, 0.15) is 24.1 Å². The maximum Gasteiger partial charge on any atom is 0.0992 e. The van der Waals surface area contributed by atoms with Crippen molar-refractivity contribution in [3.05, 3.63) is 51.2 Å². The first-order valence-corrected chi connectivity index (χ1v) is 6.45. The second-order valence-corrected chi connectivity index (χ2v) is 5.29. The molecule has 0 aliphatic heterocycles. The lowest BCUT2D eigenvalue weighted by atomic mass is 10.1. The predicted molar refractivity (Wildman–Crippen MR) is 72.5 cm³/mol. The number of anilines is 1. The van der Waals surface area contributed by atoms with E-state index in [9.17, 15) is 0 Å². The molecule has 2 rings (SSSR count). The smallest absolute Gasteiger partial charge is 0.0992 e. The molecule has 0 amide bonds. The third-order valence-corrected chi connectivity index (χ3v) is 3.57. The van der Waals surface area contributed by atoms with Crippen molar-refractivity contribution < 1.29 is 0 Å². The van der Waals surface area contributed by atoms with Crippen LogP contribution < -0.4 is 5.32 Å². The first kappa shape index (κ1) is 12.0. The average Bonchev–Trinajstić information content (AvgIpc) is 2.76. The number of halogens is 1. The minimum Gasteiger partial charge on any atom is -0.378 e. The van der Waals surface area contributed by atoms with Crippen molar-refractivity contribution in [2.75, 3.05) is 5.32 Å². The van der Waals surface area contributed by atoms with Gasteiger partial charge in [-0.1, -0.05) is 17.7 Å². The van der Waals surface area contributed by atoms with Crippen LogP contribution in [0.25, 0.3) is 0 Å². The standard InChI is InChI=1S/C13H11ClN2S/c1-9(11-6-13(14)17-8-11)16-12-4-2-3-10(5-12)7-15/h2-6,8-9,16H,1H3. The summed E-state index contributed by atoms with van der Waals surface area (Å²) in [5.41, 5.74) is 2.76. The minimum absolute atomic E-state index is 0.174. The number of benzene rings is 1. The quantitative estimate of drug-likeness (QED) is 0.887. The van der Waals surface area contributed by atoms with Gasteiger partial charge in [-0.3, -0.25) is 0 Å². The minimum atomic E-state index is 0.174. The predicted octanol–water partition coefficient (Wildman–Crippen LogP) is 4.45. The van der Waals surface area contributed by atoms with Gasteiger partial charge in [0.2, 0.25) is 0 Å². The van der Waals surface area contributed by atoms with E-state index in [1.807, 2.05) is 29.6 Å². The maximum atomic E-state index is 8.82. The number of thiophene rings is 1. The molecule has 1 atom stereocenters. The van der Waals surface area contributed by atoms with Gasteiger partial charge in [-0.05, 0) is 42.1 Å². The molecule has 86 valence electrons. The van der Waals surface area contributed by atoms with E-state index in [2.05, 4.69) is 18.3 Å². The molecule has 0 bridgehead atoms. The van der Waals surface area contributed by atoms with Crippen molar-refractivity contribution in [3.8, 4) is 6.07 Å². The Hall–Kier alpha value is -1.50. The summed E-state index contributed by atoms with van der Waals surface area (Å²) >= 11 is 7.43. The SMILES string of the molecule is CC(Nc1cccc(C#N)c1)c1csc(Cl)c1. The molecule has 0 saturated carbocycles. The molecule has 0 saturated heterocycles. The molecule has 0 aliphatic carbocycles. The number of hydrogen-bond acceptors (Lipinski definition) is 3. The summed E-state index contributed by atoms with van der Waals surface area (Å²) in [4.78, 5) is 0. The van der Waals surface area contributed by atoms with E-state index in [4.69, 9.17) is 16.9 Å². The fraction of sp³-hybridized carbons (Fsp3) is 0.154. The van der Waals surface area contributed by atoms with E-state index >= 15 is 0 Å². The van der Waals surface area contributed by atoms with Gasteiger partial charge >= 0.3 is 0 Å². The number of nitriles is 1. The van der Waals surface area contributed by atoms with Gasteiger partial charge in [0.25, 0.3) is 0 Å². The Morgan fingerprint density at radius 2 is 2.24 bits per heavy atom. The van der Waals surface area contributed by atoms with E-state index in [1.165, 1.54) is 11.3 Å². The zero-order valence-corrected chi connectivity index (χ0v) is 10.8. The lowest BCUT2D eigenvalue weighted by Gasteiger charge is -2.14. The second kappa shape index (κ2) is 5.22. The zero-order valence-electron chi connectivity index (χ0n) is 9.27. The molecule has 2 nitrogen and oxygen atoms in total. The molecule has 1 unspecified atom stereocenters. The Morgan fingerprint density at radius 3 is 2.88 bits per heavy atom. The van der Waals surface area contributed by atoms with Gasteiger partial charge < -0.3 is 5.32 Å². The average molecular weight is 263 g/mol. The van der Waals surface area contributed by atoms with Crippen LogP contribution in [0.5, 0.6) is 0 Å². The summed E-state index contributed by atoms with van der Waals surface area (Å²) in [6, 6.07) is 11.7. The molecule has 1 heterocycles. The summed E-state index contributed by atoms with van der Waals surface area (Å²) in [5.74, 6) is 0. The number of rotatable bonds is 3. The van der Waals surface area contributed by atoms with E-state index in [-0.39, 0.29) is 6.04 Å². The van der Waals surface area contributed by atoms with Crippen LogP contribution in [0.15, 0.2) is 35.7 Å². The van der Waals surface area contributed by atoms with E-state index < -0.39 is 0 Å². The topological polar surface area (TPSA) is 35.8 Å². The summed E-state index contributed by atoms with van der Waals surface area (Å²) < 4.78 is 0.791. The zero-order chi connectivity index (χ0) is 12.3. The number of nitrogens with zero attached hydrogens (tertiary/aromatic N) is 1. The van der Waals surface area contributed by atoms with Crippen molar-refractivity contribution in [1.82, 2.24) is 0 Å². The van der Waals surface area contributed by atoms with Gasteiger partial charge in [-0.25, -0.2) is 0 Å². The molecular formula is C13H11ClN2S. The lowest BCUT2D eigenvalue weighted by Crippen LogP contribution is -2.05. The highest BCUT2D eigenvalue weighted by Gasteiger charge is 2.07. The summed E-state index contributed by atoms with van der Waals surface area (Å²) in [6.45, 7) is 2.07. The monoisotopic (exact) mass is 262 g/mol. The Balaban J connectivity index is 2.13. The molecule has 1 aromatic heterocycles. The van der Waals surface area contributed by atoms with Crippen LogP contribution in [0.2, 0.25) is 4.34 Å². The van der Waals surface area contributed by atoms with Crippen LogP contribution in [0.3, 0.4) is 0 Å². The van der Waals surface area contributed by atoms with Gasteiger partial charge in [0.15, 0.2) is 0 Å². The van der Waals surface area contributed by atoms with Gasteiger partial charge in [-0.15, -0.1) is 11.3 Å². The lowest BCUT2D eigenvalue weighted by molar-refractivity contribution is 0.890. The van der Waals surface area contributed by atoms with Crippen molar-refractivity contribution in [1.29, 1.82) is 5.26 Å². The van der Waals surface area contributed by atoms with Crippen LogP contribution >= 0.6 is 22.9 Å². The fourth-order valence-electron chi connectivity index (χ4n) is 1.56. The summed E-state index contributed by atoms with van der Waals surface area (Å²) in [7, 11) is 0. The highest BCUT2D eigenvalue weighted by molar-refractivity contribution is 7.14. The Bertz CT molecular complexity index is 557.